The Morgan fingerprint density at radius 3 is 2.66 bits per heavy atom. The minimum atomic E-state index is -0.925. The molecule has 0 saturated carbocycles. The summed E-state index contributed by atoms with van der Waals surface area (Å²) in [7, 11) is 0. The number of hydrogen-bond acceptors (Lipinski definition) is 6. The lowest BCUT2D eigenvalue weighted by molar-refractivity contribution is 0.0483. The lowest BCUT2D eigenvalue weighted by Crippen LogP contribution is -2.27. The van der Waals surface area contributed by atoms with E-state index in [1.165, 1.54) is 6.33 Å². The zero-order valence-corrected chi connectivity index (χ0v) is 16.5. The molecule has 1 aromatic carbocycles. The Labute approximate surface area is 169 Å². The van der Waals surface area contributed by atoms with Crippen LogP contribution in [0.5, 0.6) is 0 Å². The van der Waals surface area contributed by atoms with E-state index in [0.717, 1.165) is 25.7 Å². The third-order valence-electron chi connectivity index (χ3n) is 4.97. The van der Waals surface area contributed by atoms with Gasteiger partial charge in [-0.15, -0.1) is 0 Å². The molecule has 0 spiro atoms. The SMILES string of the molecule is CCCCCC[C@H]([C@@H](O)CO)n1cnc2c(NC(=O)c3ccccc3)ncnc21. The summed E-state index contributed by atoms with van der Waals surface area (Å²) < 4.78 is 1.77. The molecule has 3 N–H and O–H groups in total. The summed E-state index contributed by atoms with van der Waals surface area (Å²) in [5.41, 5.74) is 1.47. The van der Waals surface area contributed by atoms with Crippen LogP contribution in [-0.2, 0) is 0 Å². The summed E-state index contributed by atoms with van der Waals surface area (Å²) >= 11 is 0. The van der Waals surface area contributed by atoms with Crippen LogP contribution < -0.4 is 5.32 Å². The number of carbonyl (C=O) groups is 1. The average Bonchev–Trinajstić information content (AvgIpc) is 3.19. The molecule has 8 heteroatoms. The Morgan fingerprint density at radius 1 is 1.14 bits per heavy atom. The van der Waals surface area contributed by atoms with E-state index >= 15 is 0 Å². The maximum Gasteiger partial charge on any atom is 0.256 e. The van der Waals surface area contributed by atoms with Crippen molar-refractivity contribution in [2.45, 2.75) is 51.2 Å². The van der Waals surface area contributed by atoms with Crippen LogP contribution in [-0.4, -0.2) is 48.4 Å². The molecule has 0 unspecified atom stereocenters. The van der Waals surface area contributed by atoms with Crippen LogP contribution in [0.3, 0.4) is 0 Å². The first-order valence-electron chi connectivity index (χ1n) is 9.98. The standard InChI is InChI=1S/C21H27N5O3/c1-2-3-4-8-11-16(17(28)12-27)26-14-24-18-19(22-13-23-20(18)26)25-21(29)15-9-6-5-7-10-15/h5-7,9-10,13-14,16-17,27-28H,2-4,8,11-12H2,1H3,(H,22,23,25,29)/t16-,17+/m1/s1. The highest BCUT2D eigenvalue weighted by Crippen LogP contribution is 2.26. The van der Waals surface area contributed by atoms with Gasteiger partial charge < -0.3 is 20.1 Å². The van der Waals surface area contributed by atoms with E-state index in [2.05, 4.69) is 27.2 Å². The van der Waals surface area contributed by atoms with Gasteiger partial charge in [0.25, 0.3) is 5.91 Å². The van der Waals surface area contributed by atoms with Crippen LogP contribution in [0.4, 0.5) is 5.82 Å². The molecule has 0 bridgehead atoms. The van der Waals surface area contributed by atoms with E-state index in [-0.39, 0.29) is 18.6 Å². The van der Waals surface area contributed by atoms with Crippen LogP contribution in [0.2, 0.25) is 0 Å². The molecule has 2 heterocycles. The van der Waals surface area contributed by atoms with Gasteiger partial charge in [0.1, 0.15) is 6.33 Å². The van der Waals surface area contributed by atoms with Crippen molar-refractivity contribution in [3.63, 3.8) is 0 Å². The topological polar surface area (TPSA) is 113 Å². The fraction of sp³-hybridized carbons (Fsp3) is 0.429. The highest BCUT2D eigenvalue weighted by molar-refractivity contribution is 6.06. The number of anilines is 1. The molecule has 1 amide bonds. The number of nitrogens with zero attached hydrogens (tertiary/aromatic N) is 4. The van der Waals surface area contributed by atoms with E-state index in [9.17, 15) is 15.0 Å². The number of aromatic nitrogens is 4. The van der Waals surface area contributed by atoms with Gasteiger partial charge in [-0.25, -0.2) is 15.0 Å². The van der Waals surface area contributed by atoms with Gasteiger partial charge >= 0.3 is 0 Å². The summed E-state index contributed by atoms with van der Waals surface area (Å²) in [6.45, 7) is 1.80. The largest absolute Gasteiger partial charge is 0.394 e. The highest BCUT2D eigenvalue weighted by atomic mass is 16.3. The number of hydrogen-bond donors (Lipinski definition) is 3. The molecule has 0 aliphatic heterocycles. The van der Waals surface area contributed by atoms with Gasteiger partial charge in [-0.3, -0.25) is 4.79 Å². The third-order valence-corrected chi connectivity index (χ3v) is 4.97. The minimum absolute atomic E-state index is 0.286. The van der Waals surface area contributed by atoms with Gasteiger partial charge in [-0.05, 0) is 18.6 Å². The number of aliphatic hydroxyl groups excluding tert-OH is 2. The number of benzene rings is 1. The van der Waals surface area contributed by atoms with Crippen molar-refractivity contribution in [1.82, 2.24) is 19.5 Å². The fourth-order valence-corrected chi connectivity index (χ4v) is 3.37. The zero-order chi connectivity index (χ0) is 20.6. The molecule has 0 aliphatic carbocycles. The zero-order valence-electron chi connectivity index (χ0n) is 16.5. The van der Waals surface area contributed by atoms with Crippen LogP contribution in [0.15, 0.2) is 43.0 Å². The monoisotopic (exact) mass is 397 g/mol. The fourth-order valence-electron chi connectivity index (χ4n) is 3.37. The van der Waals surface area contributed by atoms with E-state index in [1.54, 1.807) is 35.2 Å². The van der Waals surface area contributed by atoms with Crippen LogP contribution in [0.25, 0.3) is 11.2 Å². The summed E-state index contributed by atoms with van der Waals surface area (Å²) in [6, 6.07) is 8.51. The van der Waals surface area contributed by atoms with Gasteiger partial charge in [0.2, 0.25) is 0 Å². The van der Waals surface area contributed by atoms with E-state index in [1.807, 2.05) is 6.07 Å². The van der Waals surface area contributed by atoms with Gasteiger partial charge in [0, 0.05) is 5.56 Å². The van der Waals surface area contributed by atoms with Crippen molar-refractivity contribution in [2.24, 2.45) is 0 Å². The van der Waals surface area contributed by atoms with Crippen molar-refractivity contribution in [3.8, 4) is 0 Å². The first-order valence-corrected chi connectivity index (χ1v) is 9.98. The predicted octanol–water partition coefficient (Wildman–Crippen LogP) is 2.94. The van der Waals surface area contributed by atoms with Crippen molar-refractivity contribution in [2.75, 3.05) is 11.9 Å². The van der Waals surface area contributed by atoms with E-state index < -0.39 is 6.10 Å². The van der Waals surface area contributed by atoms with Gasteiger partial charge in [-0.2, -0.15) is 0 Å². The summed E-state index contributed by atoms with van der Waals surface area (Å²) in [5, 5.41) is 22.6. The van der Waals surface area contributed by atoms with Crippen molar-refractivity contribution in [3.05, 3.63) is 48.5 Å². The van der Waals surface area contributed by atoms with Crippen molar-refractivity contribution < 1.29 is 15.0 Å². The molecular weight excluding hydrogens is 370 g/mol. The molecule has 3 aromatic rings. The van der Waals surface area contributed by atoms with Crippen molar-refractivity contribution in [1.29, 1.82) is 0 Å². The number of rotatable bonds is 10. The average molecular weight is 397 g/mol. The van der Waals surface area contributed by atoms with E-state index in [0.29, 0.717) is 29.0 Å². The Kier molecular flexibility index (Phi) is 7.26. The van der Waals surface area contributed by atoms with Gasteiger partial charge in [0.15, 0.2) is 17.0 Å². The van der Waals surface area contributed by atoms with Crippen LogP contribution in [0.1, 0.15) is 55.4 Å². The lowest BCUT2D eigenvalue weighted by Gasteiger charge is -2.23. The molecule has 0 radical (unpaired) electrons. The van der Waals surface area contributed by atoms with Crippen LogP contribution >= 0.6 is 0 Å². The second-order valence-electron chi connectivity index (χ2n) is 7.03. The number of aliphatic hydroxyl groups is 2. The Bertz CT molecular complexity index is 928. The lowest BCUT2D eigenvalue weighted by atomic mass is 10.0. The first kappa shape index (κ1) is 20.9. The van der Waals surface area contributed by atoms with Crippen LogP contribution in [0, 0.1) is 0 Å². The number of carbonyl (C=O) groups excluding carboxylic acids is 1. The molecule has 2 aromatic heterocycles. The molecule has 8 nitrogen and oxygen atoms in total. The molecule has 2 atom stereocenters. The second kappa shape index (κ2) is 10.1. The molecule has 0 fully saturated rings. The Morgan fingerprint density at radius 2 is 1.93 bits per heavy atom. The highest BCUT2D eigenvalue weighted by Gasteiger charge is 2.24. The molecule has 29 heavy (non-hydrogen) atoms. The van der Waals surface area contributed by atoms with Gasteiger partial charge in [-0.1, -0.05) is 50.8 Å². The molecule has 154 valence electrons. The normalized spacial score (nSPS) is 13.3. The molecular formula is C21H27N5O3. The molecule has 3 rings (SSSR count). The molecule has 0 saturated heterocycles. The number of amides is 1. The first-order chi connectivity index (χ1) is 14.2. The minimum Gasteiger partial charge on any atom is -0.394 e. The van der Waals surface area contributed by atoms with E-state index in [4.69, 9.17) is 0 Å². The smallest absolute Gasteiger partial charge is 0.256 e. The molecule has 0 aliphatic rings. The second-order valence-corrected chi connectivity index (χ2v) is 7.03. The number of nitrogens with one attached hydrogen (secondary N) is 1. The predicted molar refractivity (Wildman–Crippen MR) is 111 cm³/mol. The summed E-state index contributed by atoms with van der Waals surface area (Å²) in [6.07, 6.45) is 6.96. The summed E-state index contributed by atoms with van der Waals surface area (Å²) in [5.74, 6) is 0.0254. The maximum absolute atomic E-state index is 12.5. The van der Waals surface area contributed by atoms with Crippen molar-refractivity contribution >= 4 is 22.9 Å². The number of fused-ring (bicyclic) bond motifs is 1. The van der Waals surface area contributed by atoms with Gasteiger partial charge in [0.05, 0.1) is 25.1 Å². The number of unbranched alkanes of at least 4 members (excludes halogenated alkanes) is 3. The maximum atomic E-state index is 12.5. The Hall–Kier alpha value is -2.84. The summed E-state index contributed by atoms with van der Waals surface area (Å²) in [4.78, 5) is 25.3. The third kappa shape index (κ3) is 4.96. The quantitative estimate of drug-likeness (QED) is 0.453. The number of imidazole rings is 1. The Balaban J connectivity index is 1.86.